The number of ether oxygens (including phenoxy) is 2. The van der Waals surface area contributed by atoms with Crippen molar-refractivity contribution in [2.45, 2.75) is 12.5 Å². The van der Waals surface area contributed by atoms with Gasteiger partial charge in [-0.2, -0.15) is 0 Å². The molecule has 0 N–H and O–H groups in total. The molecule has 1 heterocycles. The fourth-order valence-electron chi connectivity index (χ4n) is 1.95. The highest BCUT2D eigenvalue weighted by molar-refractivity contribution is 6.01. The van der Waals surface area contributed by atoms with Crippen molar-refractivity contribution in [3.63, 3.8) is 0 Å². The molecule has 19 heavy (non-hydrogen) atoms. The lowest BCUT2D eigenvalue weighted by atomic mass is 10.1. The number of para-hydroxylation sites is 2. The van der Waals surface area contributed by atoms with Crippen LogP contribution in [0, 0.1) is 0 Å². The maximum atomic E-state index is 12.6. The van der Waals surface area contributed by atoms with Crippen LogP contribution in [0.15, 0.2) is 24.3 Å². The third kappa shape index (κ3) is 2.67. The first-order chi connectivity index (χ1) is 9.17. The lowest BCUT2D eigenvalue weighted by molar-refractivity contribution is -0.145. The molecule has 1 aromatic carbocycles. The Labute approximate surface area is 109 Å². The zero-order chi connectivity index (χ0) is 13.8. The molecule has 0 radical (unpaired) electrons. The third-order valence-corrected chi connectivity index (χ3v) is 2.85. The SMILES string of the molecule is COC(=O)CC1Oc2ccccc2N(CCF)C1=O. The number of hydrogen-bond donors (Lipinski definition) is 0. The summed E-state index contributed by atoms with van der Waals surface area (Å²) < 4.78 is 22.6. The number of halogens is 1. The molecule has 1 aliphatic heterocycles. The molecule has 6 heteroatoms. The van der Waals surface area contributed by atoms with Gasteiger partial charge in [-0.1, -0.05) is 12.1 Å². The topological polar surface area (TPSA) is 55.8 Å². The first-order valence-corrected chi connectivity index (χ1v) is 5.87. The van der Waals surface area contributed by atoms with Crippen molar-refractivity contribution < 1.29 is 23.5 Å². The van der Waals surface area contributed by atoms with Crippen molar-refractivity contribution in [2.75, 3.05) is 25.2 Å². The highest BCUT2D eigenvalue weighted by Crippen LogP contribution is 2.34. The van der Waals surface area contributed by atoms with Gasteiger partial charge in [-0.25, -0.2) is 4.39 Å². The van der Waals surface area contributed by atoms with Crippen LogP contribution in [0.5, 0.6) is 5.75 Å². The molecule has 0 bridgehead atoms. The summed E-state index contributed by atoms with van der Waals surface area (Å²) in [7, 11) is 1.24. The first-order valence-electron chi connectivity index (χ1n) is 5.87. The lowest BCUT2D eigenvalue weighted by Gasteiger charge is -2.33. The number of carbonyl (C=O) groups excluding carboxylic acids is 2. The van der Waals surface area contributed by atoms with E-state index in [9.17, 15) is 14.0 Å². The molecule has 1 atom stereocenters. The Morgan fingerprint density at radius 1 is 1.47 bits per heavy atom. The van der Waals surface area contributed by atoms with Crippen LogP contribution >= 0.6 is 0 Å². The Balaban J connectivity index is 2.28. The van der Waals surface area contributed by atoms with Crippen LogP contribution in [-0.4, -0.2) is 38.3 Å². The smallest absolute Gasteiger partial charge is 0.309 e. The second-order valence-corrected chi connectivity index (χ2v) is 4.03. The Kier molecular flexibility index (Phi) is 3.99. The number of esters is 1. The number of methoxy groups -OCH3 is 1. The van der Waals surface area contributed by atoms with Crippen LogP contribution in [-0.2, 0) is 14.3 Å². The Morgan fingerprint density at radius 2 is 2.21 bits per heavy atom. The molecule has 1 aliphatic rings. The predicted molar refractivity (Wildman–Crippen MR) is 65.8 cm³/mol. The molecule has 0 saturated heterocycles. The minimum Gasteiger partial charge on any atom is -0.478 e. The molecule has 2 rings (SSSR count). The second kappa shape index (κ2) is 5.69. The van der Waals surface area contributed by atoms with Crippen molar-refractivity contribution in [1.29, 1.82) is 0 Å². The predicted octanol–water partition coefficient (Wildman–Crippen LogP) is 1.31. The van der Waals surface area contributed by atoms with Crippen molar-refractivity contribution >= 4 is 17.6 Å². The summed E-state index contributed by atoms with van der Waals surface area (Å²) in [6.07, 6.45) is -1.15. The number of benzene rings is 1. The van der Waals surface area contributed by atoms with E-state index in [1.807, 2.05) is 0 Å². The summed E-state index contributed by atoms with van der Waals surface area (Å²) >= 11 is 0. The van der Waals surface area contributed by atoms with Gasteiger partial charge in [-0.05, 0) is 12.1 Å². The normalized spacial score (nSPS) is 17.7. The minimum atomic E-state index is -0.964. The highest BCUT2D eigenvalue weighted by atomic mass is 19.1. The average Bonchev–Trinajstić information content (AvgIpc) is 2.43. The number of amides is 1. The number of rotatable bonds is 4. The number of hydrogen-bond acceptors (Lipinski definition) is 4. The molecule has 1 aromatic rings. The van der Waals surface area contributed by atoms with Crippen molar-refractivity contribution in [2.24, 2.45) is 0 Å². The van der Waals surface area contributed by atoms with Crippen molar-refractivity contribution in [3.05, 3.63) is 24.3 Å². The summed E-state index contributed by atoms with van der Waals surface area (Å²) in [6.45, 7) is -0.720. The van der Waals surface area contributed by atoms with Crippen LogP contribution in [0.4, 0.5) is 10.1 Å². The van der Waals surface area contributed by atoms with Crippen LogP contribution < -0.4 is 9.64 Å². The summed E-state index contributed by atoms with van der Waals surface area (Å²) in [6, 6.07) is 6.84. The van der Waals surface area contributed by atoms with E-state index in [1.165, 1.54) is 12.0 Å². The zero-order valence-electron chi connectivity index (χ0n) is 10.5. The molecule has 102 valence electrons. The Hall–Kier alpha value is -2.11. The van der Waals surface area contributed by atoms with Gasteiger partial charge in [0.1, 0.15) is 12.4 Å². The van der Waals surface area contributed by atoms with E-state index in [1.54, 1.807) is 24.3 Å². The van der Waals surface area contributed by atoms with Crippen LogP contribution in [0.3, 0.4) is 0 Å². The van der Waals surface area contributed by atoms with Gasteiger partial charge in [0.05, 0.1) is 25.8 Å². The summed E-state index contributed by atoms with van der Waals surface area (Å²) in [5, 5.41) is 0. The van der Waals surface area contributed by atoms with Gasteiger partial charge in [-0.15, -0.1) is 0 Å². The third-order valence-electron chi connectivity index (χ3n) is 2.85. The quantitative estimate of drug-likeness (QED) is 0.772. The lowest BCUT2D eigenvalue weighted by Crippen LogP contribution is -2.47. The van der Waals surface area contributed by atoms with Gasteiger partial charge >= 0.3 is 5.97 Å². The largest absolute Gasteiger partial charge is 0.478 e. The average molecular weight is 267 g/mol. The van der Waals surface area contributed by atoms with Gasteiger partial charge in [0.25, 0.3) is 5.91 Å². The fourth-order valence-corrected chi connectivity index (χ4v) is 1.95. The van der Waals surface area contributed by atoms with Crippen LogP contribution in [0.25, 0.3) is 0 Å². The van der Waals surface area contributed by atoms with Gasteiger partial charge in [-0.3, -0.25) is 9.59 Å². The van der Waals surface area contributed by atoms with E-state index >= 15 is 0 Å². The Morgan fingerprint density at radius 3 is 2.89 bits per heavy atom. The van der Waals surface area contributed by atoms with Crippen molar-refractivity contribution in [3.8, 4) is 5.75 Å². The minimum absolute atomic E-state index is 0.0587. The van der Waals surface area contributed by atoms with Gasteiger partial charge in [0.15, 0.2) is 6.10 Å². The highest BCUT2D eigenvalue weighted by Gasteiger charge is 2.35. The van der Waals surface area contributed by atoms with E-state index in [-0.39, 0.29) is 13.0 Å². The maximum Gasteiger partial charge on any atom is 0.309 e. The second-order valence-electron chi connectivity index (χ2n) is 4.03. The molecule has 0 fully saturated rings. The monoisotopic (exact) mass is 267 g/mol. The molecular weight excluding hydrogens is 253 g/mol. The molecule has 0 aliphatic carbocycles. The molecule has 1 amide bonds. The van der Waals surface area contributed by atoms with E-state index < -0.39 is 24.7 Å². The maximum absolute atomic E-state index is 12.6. The van der Waals surface area contributed by atoms with Crippen molar-refractivity contribution in [1.82, 2.24) is 0 Å². The number of alkyl halides is 1. The van der Waals surface area contributed by atoms with E-state index in [0.717, 1.165) is 0 Å². The molecule has 0 spiro atoms. The molecular formula is C13H14FNO4. The number of carbonyl (C=O) groups is 2. The summed E-state index contributed by atoms with van der Waals surface area (Å²) in [5.74, 6) is -0.510. The molecule has 0 aromatic heterocycles. The molecule has 5 nitrogen and oxygen atoms in total. The summed E-state index contributed by atoms with van der Waals surface area (Å²) in [4.78, 5) is 24.7. The van der Waals surface area contributed by atoms with Gasteiger partial charge in [0.2, 0.25) is 0 Å². The summed E-state index contributed by atoms with van der Waals surface area (Å²) in [5.41, 5.74) is 0.520. The standard InChI is InChI=1S/C13H14FNO4/c1-18-12(16)8-11-13(17)15(7-6-14)9-4-2-3-5-10(9)19-11/h2-5,11H,6-8H2,1H3. The van der Waals surface area contributed by atoms with Crippen LogP contribution in [0.1, 0.15) is 6.42 Å². The fraction of sp³-hybridized carbons (Fsp3) is 0.385. The van der Waals surface area contributed by atoms with E-state index in [0.29, 0.717) is 11.4 Å². The van der Waals surface area contributed by atoms with E-state index in [4.69, 9.17) is 4.74 Å². The number of nitrogens with zero attached hydrogens (tertiary/aromatic N) is 1. The first kappa shape index (κ1) is 13.3. The van der Waals surface area contributed by atoms with Crippen LogP contribution in [0.2, 0.25) is 0 Å². The van der Waals surface area contributed by atoms with E-state index in [2.05, 4.69) is 4.74 Å². The molecule has 0 saturated carbocycles. The number of fused-ring (bicyclic) bond motifs is 1. The van der Waals surface area contributed by atoms with Gasteiger partial charge < -0.3 is 14.4 Å². The zero-order valence-corrected chi connectivity index (χ0v) is 10.5. The van der Waals surface area contributed by atoms with Gasteiger partial charge in [0, 0.05) is 0 Å². The molecule has 1 unspecified atom stereocenters. The number of anilines is 1. The Bertz CT molecular complexity index is 491.